The number of piperidine rings is 1. The van der Waals surface area contributed by atoms with Gasteiger partial charge in [-0.2, -0.15) is 0 Å². The highest BCUT2D eigenvalue weighted by Crippen LogP contribution is 2.30. The van der Waals surface area contributed by atoms with Crippen molar-refractivity contribution < 1.29 is 9.53 Å². The van der Waals surface area contributed by atoms with E-state index in [2.05, 4.69) is 5.32 Å². The van der Waals surface area contributed by atoms with Gasteiger partial charge in [0.2, 0.25) is 0 Å². The van der Waals surface area contributed by atoms with Gasteiger partial charge in [-0.1, -0.05) is 0 Å². The van der Waals surface area contributed by atoms with Crippen molar-refractivity contribution in [3.63, 3.8) is 0 Å². The zero-order valence-corrected chi connectivity index (χ0v) is 12.4. The molecule has 1 amide bonds. The SMILES string of the molecule is CC(C)(C)OC(=O)N1CC(C2CCNCC2)C1.Cl. The van der Waals surface area contributed by atoms with Crippen molar-refractivity contribution in [2.24, 2.45) is 11.8 Å². The van der Waals surface area contributed by atoms with Crippen LogP contribution >= 0.6 is 12.4 Å². The largest absolute Gasteiger partial charge is 0.444 e. The van der Waals surface area contributed by atoms with Crippen molar-refractivity contribution >= 4 is 18.5 Å². The molecule has 18 heavy (non-hydrogen) atoms. The lowest BCUT2D eigenvalue weighted by atomic mass is 9.80. The minimum absolute atomic E-state index is 0. The van der Waals surface area contributed by atoms with Crippen molar-refractivity contribution in [1.29, 1.82) is 0 Å². The van der Waals surface area contributed by atoms with Gasteiger partial charge < -0.3 is 15.0 Å². The van der Waals surface area contributed by atoms with Gasteiger partial charge in [0, 0.05) is 13.1 Å². The van der Waals surface area contributed by atoms with Crippen molar-refractivity contribution in [1.82, 2.24) is 10.2 Å². The van der Waals surface area contributed by atoms with Crippen LogP contribution in [0.5, 0.6) is 0 Å². The third-order valence-corrected chi connectivity index (χ3v) is 3.61. The molecule has 0 aliphatic carbocycles. The number of carbonyl (C=O) groups excluding carboxylic acids is 1. The molecule has 0 unspecified atom stereocenters. The van der Waals surface area contributed by atoms with Crippen LogP contribution in [0.2, 0.25) is 0 Å². The van der Waals surface area contributed by atoms with Crippen LogP contribution in [0.3, 0.4) is 0 Å². The first-order valence-corrected chi connectivity index (χ1v) is 6.64. The summed E-state index contributed by atoms with van der Waals surface area (Å²) in [5, 5.41) is 3.38. The molecule has 2 saturated heterocycles. The molecule has 2 aliphatic heterocycles. The van der Waals surface area contributed by atoms with E-state index >= 15 is 0 Å². The topological polar surface area (TPSA) is 41.6 Å². The van der Waals surface area contributed by atoms with Crippen LogP contribution in [0.15, 0.2) is 0 Å². The Bertz CT molecular complexity index is 279. The summed E-state index contributed by atoms with van der Waals surface area (Å²) in [5.41, 5.74) is -0.378. The summed E-state index contributed by atoms with van der Waals surface area (Å²) in [4.78, 5) is 13.6. The second-order valence-electron chi connectivity index (χ2n) is 6.23. The molecular formula is C13H25ClN2O2. The summed E-state index contributed by atoms with van der Waals surface area (Å²) in [6.07, 6.45) is 2.36. The van der Waals surface area contributed by atoms with Gasteiger partial charge in [-0.05, 0) is 58.5 Å². The number of nitrogens with one attached hydrogen (secondary N) is 1. The lowest BCUT2D eigenvalue weighted by molar-refractivity contribution is -0.0137. The minimum atomic E-state index is -0.378. The molecule has 0 spiro atoms. The van der Waals surface area contributed by atoms with Crippen molar-refractivity contribution in [2.45, 2.75) is 39.2 Å². The number of halogens is 1. The molecule has 4 nitrogen and oxygen atoms in total. The van der Waals surface area contributed by atoms with E-state index in [-0.39, 0.29) is 24.1 Å². The molecule has 0 bridgehead atoms. The Morgan fingerprint density at radius 1 is 1.17 bits per heavy atom. The highest BCUT2D eigenvalue weighted by atomic mass is 35.5. The molecule has 0 radical (unpaired) electrons. The van der Waals surface area contributed by atoms with Gasteiger partial charge in [-0.25, -0.2) is 4.79 Å². The van der Waals surface area contributed by atoms with Crippen molar-refractivity contribution in [3.8, 4) is 0 Å². The fraction of sp³-hybridized carbons (Fsp3) is 0.923. The van der Waals surface area contributed by atoms with Crippen molar-refractivity contribution in [3.05, 3.63) is 0 Å². The summed E-state index contributed by atoms with van der Waals surface area (Å²) in [7, 11) is 0. The van der Waals surface area contributed by atoms with E-state index in [1.165, 1.54) is 12.8 Å². The molecule has 2 rings (SSSR count). The van der Waals surface area contributed by atoms with Crippen LogP contribution in [0.1, 0.15) is 33.6 Å². The predicted molar refractivity (Wildman–Crippen MR) is 74.1 cm³/mol. The summed E-state index contributed by atoms with van der Waals surface area (Å²) in [6, 6.07) is 0. The molecule has 106 valence electrons. The van der Waals surface area contributed by atoms with Gasteiger partial charge in [0.15, 0.2) is 0 Å². The van der Waals surface area contributed by atoms with Crippen LogP contribution in [-0.4, -0.2) is 42.8 Å². The normalized spacial score (nSPS) is 22.1. The third kappa shape index (κ3) is 4.02. The van der Waals surface area contributed by atoms with Crippen molar-refractivity contribution in [2.75, 3.05) is 26.2 Å². The third-order valence-electron chi connectivity index (χ3n) is 3.61. The van der Waals surface area contributed by atoms with Crippen LogP contribution < -0.4 is 5.32 Å². The molecule has 1 N–H and O–H groups in total. The first kappa shape index (κ1) is 15.6. The second kappa shape index (κ2) is 6.11. The molecule has 0 saturated carbocycles. The molecule has 2 aliphatic rings. The average molecular weight is 277 g/mol. The fourth-order valence-electron chi connectivity index (χ4n) is 2.60. The lowest BCUT2D eigenvalue weighted by Crippen LogP contribution is -2.55. The number of hydrogen-bond acceptors (Lipinski definition) is 3. The van der Waals surface area contributed by atoms with E-state index < -0.39 is 0 Å². The Hall–Kier alpha value is -0.480. The lowest BCUT2D eigenvalue weighted by Gasteiger charge is -2.44. The van der Waals surface area contributed by atoms with Gasteiger partial charge in [-0.15, -0.1) is 12.4 Å². The predicted octanol–water partition coefficient (Wildman–Crippen LogP) is 2.27. The van der Waals surface area contributed by atoms with Crippen LogP contribution in [-0.2, 0) is 4.74 Å². The molecule has 2 fully saturated rings. The van der Waals surface area contributed by atoms with E-state index in [1.807, 2.05) is 25.7 Å². The number of hydrogen-bond donors (Lipinski definition) is 1. The molecule has 0 aromatic carbocycles. The summed E-state index contributed by atoms with van der Waals surface area (Å²) in [6.45, 7) is 9.78. The van der Waals surface area contributed by atoms with E-state index in [1.54, 1.807) is 0 Å². The number of nitrogens with zero attached hydrogens (tertiary/aromatic N) is 1. The molecule has 2 heterocycles. The van der Waals surface area contributed by atoms with Crippen LogP contribution in [0.25, 0.3) is 0 Å². The zero-order chi connectivity index (χ0) is 12.5. The Morgan fingerprint density at radius 2 is 1.72 bits per heavy atom. The quantitative estimate of drug-likeness (QED) is 0.799. The minimum Gasteiger partial charge on any atom is -0.444 e. The van der Waals surface area contributed by atoms with Gasteiger partial charge in [-0.3, -0.25) is 0 Å². The molecular weight excluding hydrogens is 252 g/mol. The Balaban J connectivity index is 0.00000162. The number of amides is 1. The monoisotopic (exact) mass is 276 g/mol. The van der Waals surface area contributed by atoms with Gasteiger partial charge >= 0.3 is 6.09 Å². The Labute approximate surface area is 116 Å². The first-order valence-electron chi connectivity index (χ1n) is 6.64. The van der Waals surface area contributed by atoms with Gasteiger partial charge in [0.1, 0.15) is 5.60 Å². The summed E-state index contributed by atoms with van der Waals surface area (Å²) in [5.74, 6) is 1.50. The first-order chi connectivity index (χ1) is 7.96. The van der Waals surface area contributed by atoms with Gasteiger partial charge in [0.05, 0.1) is 0 Å². The van der Waals surface area contributed by atoms with E-state index in [4.69, 9.17) is 4.74 Å². The number of carbonyl (C=O) groups is 1. The Morgan fingerprint density at radius 3 is 2.22 bits per heavy atom. The fourth-order valence-corrected chi connectivity index (χ4v) is 2.60. The number of rotatable bonds is 1. The maximum absolute atomic E-state index is 11.8. The molecule has 5 heteroatoms. The molecule has 0 atom stereocenters. The maximum Gasteiger partial charge on any atom is 0.410 e. The summed E-state index contributed by atoms with van der Waals surface area (Å²) < 4.78 is 5.35. The summed E-state index contributed by atoms with van der Waals surface area (Å²) >= 11 is 0. The van der Waals surface area contributed by atoms with E-state index in [9.17, 15) is 4.79 Å². The van der Waals surface area contributed by atoms with E-state index in [0.717, 1.165) is 32.1 Å². The Kier molecular flexibility index (Phi) is 5.29. The standard InChI is InChI=1S/C13H24N2O2.ClH/c1-13(2,3)17-12(16)15-8-11(9-15)10-4-6-14-7-5-10;/h10-11,14H,4-9H2,1-3H3;1H. The highest BCUT2D eigenvalue weighted by molar-refractivity contribution is 5.85. The molecule has 0 aromatic rings. The number of likely N-dealkylation sites (tertiary alicyclic amines) is 1. The second-order valence-corrected chi connectivity index (χ2v) is 6.23. The smallest absolute Gasteiger partial charge is 0.410 e. The van der Waals surface area contributed by atoms with E-state index in [0.29, 0.717) is 5.92 Å². The van der Waals surface area contributed by atoms with Crippen LogP contribution in [0.4, 0.5) is 4.79 Å². The number of ether oxygens (including phenoxy) is 1. The highest BCUT2D eigenvalue weighted by Gasteiger charge is 2.38. The van der Waals surface area contributed by atoms with Gasteiger partial charge in [0.25, 0.3) is 0 Å². The molecule has 0 aromatic heterocycles. The average Bonchev–Trinajstić information content (AvgIpc) is 2.14. The van der Waals surface area contributed by atoms with Crippen LogP contribution in [0, 0.1) is 11.8 Å². The maximum atomic E-state index is 11.8. The zero-order valence-electron chi connectivity index (χ0n) is 11.6.